The molecular weight excluding hydrogens is 352 g/mol. The van der Waals surface area contributed by atoms with Gasteiger partial charge in [-0.3, -0.25) is 0 Å². The van der Waals surface area contributed by atoms with Crippen molar-refractivity contribution in [3.05, 3.63) is 59.8 Å². The van der Waals surface area contributed by atoms with Crippen LogP contribution in [0.4, 0.5) is 0 Å². The van der Waals surface area contributed by atoms with Crippen LogP contribution < -0.4 is 0 Å². The molecule has 0 amide bonds. The van der Waals surface area contributed by atoms with Gasteiger partial charge in [0.2, 0.25) is 0 Å². The molecule has 0 aliphatic heterocycles. The SMILES string of the molecule is COC(=O)c1c(-c2cccc(O)c2O)nn(-c2ccccc2)c1C(=O)OC. The molecule has 8 nitrogen and oxygen atoms in total. The normalized spacial score (nSPS) is 10.4. The van der Waals surface area contributed by atoms with Crippen LogP contribution in [0.3, 0.4) is 0 Å². The molecule has 0 aliphatic rings. The predicted octanol–water partition coefficient (Wildman–Crippen LogP) is 2.52. The summed E-state index contributed by atoms with van der Waals surface area (Å²) in [6.45, 7) is 0. The molecule has 27 heavy (non-hydrogen) atoms. The van der Waals surface area contributed by atoms with E-state index in [0.29, 0.717) is 5.69 Å². The average molecular weight is 368 g/mol. The van der Waals surface area contributed by atoms with Gasteiger partial charge in [-0.25, -0.2) is 14.3 Å². The minimum absolute atomic E-state index is 0.0282. The number of carbonyl (C=O) groups is 2. The summed E-state index contributed by atoms with van der Waals surface area (Å²) in [5.74, 6) is -2.51. The lowest BCUT2D eigenvalue weighted by atomic mass is 10.0. The molecule has 0 fully saturated rings. The molecule has 3 rings (SSSR count). The Kier molecular flexibility index (Phi) is 4.80. The standard InChI is InChI=1S/C19H16N2O6/c1-26-18(24)14-15(12-9-6-10-13(22)17(12)23)20-21(16(14)19(25)27-2)11-7-4-3-5-8-11/h3-10,22-23H,1-2H3. The number of benzene rings is 2. The summed E-state index contributed by atoms with van der Waals surface area (Å²) in [6, 6.07) is 12.9. The van der Waals surface area contributed by atoms with Crippen LogP contribution in [0.2, 0.25) is 0 Å². The molecule has 138 valence electrons. The Balaban J connectivity index is 2.40. The second-order valence-electron chi connectivity index (χ2n) is 5.48. The quantitative estimate of drug-likeness (QED) is 0.538. The maximum absolute atomic E-state index is 12.5. The number of phenolic OH excluding ortho intramolecular Hbond substituents is 2. The van der Waals surface area contributed by atoms with Gasteiger partial charge in [0.05, 0.1) is 19.9 Å². The topological polar surface area (TPSA) is 111 Å². The van der Waals surface area contributed by atoms with Crippen molar-refractivity contribution in [2.75, 3.05) is 14.2 Å². The van der Waals surface area contributed by atoms with Crippen molar-refractivity contribution in [2.45, 2.75) is 0 Å². The number of para-hydroxylation sites is 2. The van der Waals surface area contributed by atoms with Crippen LogP contribution in [0.15, 0.2) is 48.5 Å². The number of ether oxygens (including phenoxy) is 2. The van der Waals surface area contributed by atoms with Gasteiger partial charge < -0.3 is 19.7 Å². The van der Waals surface area contributed by atoms with Gasteiger partial charge in [-0.05, 0) is 24.3 Å². The highest BCUT2D eigenvalue weighted by Gasteiger charge is 2.32. The van der Waals surface area contributed by atoms with Crippen molar-refractivity contribution in [1.82, 2.24) is 9.78 Å². The second-order valence-corrected chi connectivity index (χ2v) is 5.48. The summed E-state index contributed by atoms with van der Waals surface area (Å²) >= 11 is 0. The van der Waals surface area contributed by atoms with Gasteiger partial charge in [-0.1, -0.05) is 24.3 Å². The molecule has 0 unspecified atom stereocenters. The Labute approximate surface area is 154 Å². The van der Waals surface area contributed by atoms with E-state index in [1.807, 2.05) is 0 Å². The second kappa shape index (κ2) is 7.20. The average Bonchev–Trinajstić information content (AvgIpc) is 3.09. The van der Waals surface area contributed by atoms with Crippen LogP contribution in [0.1, 0.15) is 20.8 Å². The largest absolute Gasteiger partial charge is 0.504 e. The smallest absolute Gasteiger partial charge is 0.357 e. The molecule has 2 N–H and O–H groups in total. The van der Waals surface area contributed by atoms with Gasteiger partial charge in [0.15, 0.2) is 17.2 Å². The lowest BCUT2D eigenvalue weighted by molar-refractivity contribution is 0.0549. The van der Waals surface area contributed by atoms with Crippen LogP contribution in [-0.4, -0.2) is 46.2 Å². The minimum atomic E-state index is -0.838. The Morgan fingerprint density at radius 2 is 1.59 bits per heavy atom. The molecule has 1 aromatic heterocycles. The predicted molar refractivity (Wildman–Crippen MR) is 95.0 cm³/mol. The summed E-state index contributed by atoms with van der Waals surface area (Å²) in [5.41, 5.74) is 0.186. The first-order chi connectivity index (χ1) is 13.0. The number of nitrogens with zero attached hydrogens (tertiary/aromatic N) is 2. The molecule has 0 spiro atoms. The third kappa shape index (κ3) is 3.08. The molecular formula is C19H16N2O6. The van der Waals surface area contributed by atoms with Crippen molar-refractivity contribution in [3.8, 4) is 28.4 Å². The molecule has 0 bridgehead atoms. The zero-order valence-corrected chi connectivity index (χ0v) is 14.5. The van der Waals surface area contributed by atoms with Crippen molar-refractivity contribution >= 4 is 11.9 Å². The third-order valence-electron chi connectivity index (χ3n) is 3.92. The van der Waals surface area contributed by atoms with E-state index >= 15 is 0 Å². The highest BCUT2D eigenvalue weighted by Crippen LogP contribution is 2.38. The number of rotatable bonds is 4. The van der Waals surface area contributed by atoms with E-state index in [0.717, 1.165) is 7.11 Å². The Hall–Kier alpha value is -3.81. The monoisotopic (exact) mass is 368 g/mol. The first kappa shape index (κ1) is 18.0. The highest BCUT2D eigenvalue weighted by atomic mass is 16.5. The number of hydrogen-bond donors (Lipinski definition) is 2. The number of phenols is 2. The number of esters is 2. The summed E-state index contributed by atoms with van der Waals surface area (Å²) < 4.78 is 10.9. The Bertz CT molecular complexity index is 1010. The van der Waals surface area contributed by atoms with E-state index in [4.69, 9.17) is 9.47 Å². The molecule has 0 radical (unpaired) electrons. The molecule has 1 heterocycles. The maximum Gasteiger partial charge on any atom is 0.357 e. The van der Waals surface area contributed by atoms with E-state index in [1.165, 1.54) is 30.0 Å². The van der Waals surface area contributed by atoms with Crippen molar-refractivity contribution in [2.24, 2.45) is 0 Å². The highest BCUT2D eigenvalue weighted by molar-refractivity contribution is 6.07. The summed E-state index contributed by atoms with van der Waals surface area (Å²) in [7, 11) is 2.34. The lowest BCUT2D eigenvalue weighted by Crippen LogP contribution is -2.15. The van der Waals surface area contributed by atoms with E-state index in [-0.39, 0.29) is 22.5 Å². The molecule has 0 atom stereocenters. The molecule has 0 saturated heterocycles. The summed E-state index contributed by atoms with van der Waals surface area (Å²) in [6.07, 6.45) is 0. The van der Waals surface area contributed by atoms with Crippen molar-refractivity contribution in [1.29, 1.82) is 0 Å². The van der Waals surface area contributed by atoms with E-state index < -0.39 is 23.4 Å². The van der Waals surface area contributed by atoms with Gasteiger partial charge in [-0.15, -0.1) is 0 Å². The van der Waals surface area contributed by atoms with Crippen molar-refractivity contribution in [3.63, 3.8) is 0 Å². The maximum atomic E-state index is 12.5. The van der Waals surface area contributed by atoms with Gasteiger partial charge in [0.25, 0.3) is 0 Å². The van der Waals surface area contributed by atoms with Gasteiger partial charge >= 0.3 is 11.9 Å². The zero-order chi connectivity index (χ0) is 19.6. The molecule has 2 aromatic carbocycles. The van der Waals surface area contributed by atoms with E-state index in [9.17, 15) is 19.8 Å². The number of carbonyl (C=O) groups excluding carboxylic acids is 2. The number of aromatic hydroxyl groups is 2. The minimum Gasteiger partial charge on any atom is -0.504 e. The fraction of sp³-hybridized carbons (Fsp3) is 0.105. The van der Waals surface area contributed by atoms with Crippen LogP contribution >= 0.6 is 0 Å². The van der Waals surface area contributed by atoms with Gasteiger partial charge in [0.1, 0.15) is 11.3 Å². The Morgan fingerprint density at radius 3 is 2.22 bits per heavy atom. The molecule has 8 heteroatoms. The van der Waals surface area contributed by atoms with E-state index in [1.54, 1.807) is 30.3 Å². The Morgan fingerprint density at radius 1 is 0.926 bits per heavy atom. The number of hydrogen-bond acceptors (Lipinski definition) is 7. The molecule has 0 aliphatic carbocycles. The fourth-order valence-electron chi connectivity index (χ4n) is 2.67. The summed E-state index contributed by atoms with van der Waals surface area (Å²) in [5, 5.41) is 24.4. The van der Waals surface area contributed by atoms with Crippen LogP contribution in [-0.2, 0) is 9.47 Å². The van der Waals surface area contributed by atoms with Crippen molar-refractivity contribution < 1.29 is 29.3 Å². The summed E-state index contributed by atoms with van der Waals surface area (Å²) in [4.78, 5) is 24.9. The first-order valence-corrected chi connectivity index (χ1v) is 7.86. The first-order valence-electron chi connectivity index (χ1n) is 7.86. The van der Waals surface area contributed by atoms with Gasteiger partial charge in [0, 0.05) is 5.56 Å². The van der Waals surface area contributed by atoms with Crippen LogP contribution in [0.5, 0.6) is 11.5 Å². The zero-order valence-electron chi connectivity index (χ0n) is 14.5. The number of methoxy groups -OCH3 is 2. The van der Waals surface area contributed by atoms with E-state index in [2.05, 4.69) is 5.10 Å². The van der Waals surface area contributed by atoms with Crippen LogP contribution in [0.25, 0.3) is 16.9 Å². The lowest BCUT2D eigenvalue weighted by Gasteiger charge is -2.07. The fourth-order valence-corrected chi connectivity index (χ4v) is 2.67. The third-order valence-corrected chi connectivity index (χ3v) is 3.92. The molecule has 3 aromatic rings. The molecule has 0 saturated carbocycles. The van der Waals surface area contributed by atoms with Crippen LogP contribution in [0, 0.1) is 0 Å². The number of aromatic nitrogens is 2. The van der Waals surface area contributed by atoms with Gasteiger partial charge in [-0.2, -0.15) is 5.10 Å².